The van der Waals surface area contributed by atoms with Gasteiger partial charge >= 0.3 is 0 Å². The topological polar surface area (TPSA) is 54.9 Å². The number of halogens is 1. The lowest BCUT2D eigenvalue weighted by atomic mass is 10.1. The van der Waals surface area contributed by atoms with E-state index in [1.165, 1.54) is 18.0 Å². The molecule has 3 aromatic rings. The standard InChI is InChI=1S/C22H25FN4O/c1-14-11-15(7-8-20(14)27-10-9-16(13-27)26(2)3)24-12-17-21-18(23)5-4-6-19(21)25-22(17)28/h4-8,11-12,16,25,28H,9-10,13H2,1-3H3. The summed E-state index contributed by atoms with van der Waals surface area (Å²) in [5, 5.41) is 10.5. The highest BCUT2D eigenvalue weighted by Crippen LogP contribution is 2.31. The molecule has 4 rings (SSSR count). The van der Waals surface area contributed by atoms with Crippen LogP contribution in [-0.4, -0.2) is 54.4 Å². The molecule has 5 nitrogen and oxygen atoms in total. The first kappa shape index (κ1) is 18.5. The molecule has 1 aromatic heterocycles. The zero-order valence-electron chi connectivity index (χ0n) is 16.4. The monoisotopic (exact) mass is 380 g/mol. The quantitative estimate of drug-likeness (QED) is 0.667. The fraction of sp³-hybridized carbons (Fsp3) is 0.318. The number of benzene rings is 2. The summed E-state index contributed by atoms with van der Waals surface area (Å²) in [5.41, 5.74) is 4.07. The molecule has 0 aliphatic carbocycles. The first-order valence-corrected chi connectivity index (χ1v) is 9.49. The van der Waals surface area contributed by atoms with Gasteiger partial charge in [0, 0.05) is 36.4 Å². The van der Waals surface area contributed by atoms with Gasteiger partial charge in [-0.15, -0.1) is 0 Å². The zero-order chi connectivity index (χ0) is 19.8. The lowest BCUT2D eigenvalue weighted by molar-refractivity contribution is 0.315. The van der Waals surface area contributed by atoms with Crippen molar-refractivity contribution in [2.45, 2.75) is 19.4 Å². The van der Waals surface area contributed by atoms with E-state index >= 15 is 0 Å². The van der Waals surface area contributed by atoms with E-state index in [4.69, 9.17) is 0 Å². The van der Waals surface area contributed by atoms with Crippen LogP contribution in [0, 0.1) is 12.7 Å². The summed E-state index contributed by atoms with van der Waals surface area (Å²) in [6, 6.07) is 11.4. The first-order chi connectivity index (χ1) is 13.4. The Labute approximate surface area is 164 Å². The molecule has 0 saturated carbocycles. The summed E-state index contributed by atoms with van der Waals surface area (Å²) in [4.78, 5) is 12.0. The van der Waals surface area contributed by atoms with Crippen molar-refractivity contribution in [2.75, 3.05) is 32.1 Å². The Kier molecular flexibility index (Phi) is 4.81. The fourth-order valence-corrected chi connectivity index (χ4v) is 3.94. The van der Waals surface area contributed by atoms with Crippen LogP contribution in [-0.2, 0) is 0 Å². The summed E-state index contributed by atoms with van der Waals surface area (Å²) >= 11 is 0. The molecule has 1 aliphatic rings. The molecule has 0 radical (unpaired) electrons. The summed E-state index contributed by atoms with van der Waals surface area (Å²) in [7, 11) is 4.25. The Hall–Kier alpha value is -2.86. The van der Waals surface area contributed by atoms with E-state index in [-0.39, 0.29) is 11.7 Å². The number of nitrogens with one attached hydrogen (secondary N) is 1. The van der Waals surface area contributed by atoms with Crippen molar-refractivity contribution in [3.63, 3.8) is 0 Å². The van der Waals surface area contributed by atoms with Gasteiger partial charge in [0.15, 0.2) is 5.88 Å². The molecule has 1 aliphatic heterocycles. The van der Waals surface area contributed by atoms with Crippen molar-refractivity contribution in [2.24, 2.45) is 4.99 Å². The molecule has 2 heterocycles. The minimum atomic E-state index is -0.383. The number of H-pyrrole nitrogens is 1. The molecule has 0 amide bonds. The van der Waals surface area contributed by atoms with Gasteiger partial charge in [0.2, 0.25) is 0 Å². The SMILES string of the molecule is Cc1cc(N=Cc2c(O)[nH]c3cccc(F)c23)ccc1N1CCC(N(C)C)C1. The van der Waals surface area contributed by atoms with Crippen LogP contribution >= 0.6 is 0 Å². The molecule has 1 unspecified atom stereocenters. The zero-order valence-corrected chi connectivity index (χ0v) is 16.4. The molecule has 28 heavy (non-hydrogen) atoms. The number of aryl methyl sites for hydroxylation is 1. The second-order valence-corrected chi connectivity index (χ2v) is 7.63. The summed E-state index contributed by atoms with van der Waals surface area (Å²) in [6.45, 7) is 4.16. The molecule has 146 valence electrons. The van der Waals surface area contributed by atoms with Crippen LogP contribution in [0.1, 0.15) is 17.5 Å². The average Bonchev–Trinajstić information content (AvgIpc) is 3.25. The molecule has 1 fully saturated rings. The van der Waals surface area contributed by atoms with Crippen molar-refractivity contribution >= 4 is 28.5 Å². The van der Waals surface area contributed by atoms with Gasteiger partial charge in [0.25, 0.3) is 0 Å². The van der Waals surface area contributed by atoms with Gasteiger partial charge in [0.05, 0.1) is 16.8 Å². The first-order valence-electron chi connectivity index (χ1n) is 9.49. The maximum Gasteiger partial charge on any atom is 0.198 e. The predicted octanol–water partition coefficient (Wildman–Crippen LogP) is 4.21. The number of fused-ring (bicyclic) bond motifs is 1. The Morgan fingerprint density at radius 2 is 2.11 bits per heavy atom. The molecule has 1 atom stereocenters. The van der Waals surface area contributed by atoms with Gasteiger partial charge < -0.3 is 19.9 Å². The number of rotatable bonds is 4. The maximum atomic E-state index is 14.2. The third-order valence-corrected chi connectivity index (χ3v) is 5.55. The molecule has 2 N–H and O–H groups in total. The number of likely N-dealkylation sites (N-methyl/N-ethyl adjacent to an activating group) is 1. The predicted molar refractivity (Wildman–Crippen MR) is 113 cm³/mol. The fourth-order valence-electron chi connectivity index (χ4n) is 3.94. The molecule has 0 spiro atoms. The smallest absolute Gasteiger partial charge is 0.198 e. The number of aromatic amines is 1. The van der Waals surface area contributed by atoms with Crippen molar-refractivity contribution in [3.8, 4) is 5.88 Å². The van der Waals surface area contributed by atoms with Crippen LogP contribution in [0.15, 0.2) is 41.4 Å². The van der Waals surface area contributed by atoms with Crippen molar-refractivity contribution in [3.05, 3.63) is 53.3 Å². The van der Waals surface area contributed by atoms with Crippen LogP contribution in [0.3, 0.4) is 0 Å². The van der Waals surface area contributed by atoms with Gasteiger partial charge in [-0.25, -0.2) is 4.39 Å². The van der Waals surface area contributed by atoms with Crippen molar-refractivity contribution < 1.29 is 9.50 Å². The highest BCUT2D eigenvalue weighted by atomic mass is 19.1. The minimum absolute atomic E-state index is 0.0796. The van der Waals surface area contributed by atoms with E-state index in [0.717, 1.165) is 30.8 Å². The van der Waals surface area contributed by atoms with Gasteiger partial charge in [-0.3, -0.25) is 4.99 Å². The van der Waals surface area contributed by atoms with Gasteiger partial charge in [-0.05, 0) is 63.3 Å². The van der Waals surface area contributed by atoms with E-state index in [9.17, 15) is 9.50 Å². The Morgan fingerprint density at radius 1 is 1.29 bits per heavy atom. The van der Waals surface area contributed by atoms with Crippen LogP contribution in [0.25, 0.3) is 10.9 Å². The summed E-state index contributed by atoms with van der Waals surface area (Å²) in [5.74, 6) is -0.463. The third kappa shape index (κ3) is 3.36. The van der Waals surface area contributed by atoms with Crippen LogP contribution in [0.4, 0.5) is 15.8 Å². The Balaban J connectivity index is 1.59. The second kappa shape index (κ2) is 7.28. The number of aromatic hydroxyl groups is 1. The van der Waals surface area contributed by atoms with E-state index in [1.807, 2.05) is 12.1 Å². The molecule has 0 bridgehead atoms. The lowest BCUT2D eigenvalue weighted by Crippen LogP contribution is -2.31. The number of aliphatic imine (C=N–C) groups is 1. The Bertz CT molecular complexity index is 1040. The molecule has 6 heteroatoms. The summed E-state index contributed by atoms with van der Waals surface area (Å²) < 4.78 is 14.2. The molecular formula is C22H25FN4O. The van der Waals surface area contributed by atoms with Crippen molar-refractivity contribution in [1.82, 2.24) is 9.88 Å². The lowest BCUT2D eigenvalue weighted by Gasteiger charge is -2.23. The van der Waals surface area contributed by atoms with Gasteiger partial charge in [-0.1, -0.05) is 6.07 Å². The van der Waals surface area contributed by atoms with Crippen LogP contribution in [0.2, 0.25) is 0 Å². The third-order valence-electron chi connectivity index (χ3n) is 5.55. The number of nitrogens with zero attached hydrogens (tertiary/aromatic N) is 3. The largest absolute Gasteiger partial charge is 0.494 e. The average molecular weight is 380 g/mol. The highest BCUT2D eigenvalue weighted by molar-refractivity contribution is 6.02. The molecular weight excluding hydrogens is 355 g/mol. The van der Waals surface area contributed by atoms with Gasteiger partial charge in [-0.2, -0.15) is 0 Å². The number of aromatic nitrogens is 1. The van der Waals surface area contributed by atoms with E-state index in [1.54, 1.807) is 12.1 Å². The molecule has 1 saturated heterocycles. The normalized spacial score (nSPS) is 17.5. The summed E-state index contributed by atoms with van der Waals surface area (Å²) in [6.07, 6.45) is 2.68. The van der Waals surface area contributed by atoms with Crippen molar-refractivity contribution in [1.29, 1.82) is 0 Å². The highest BCUT2D eigenvalue weighted by Gasteiger charge is 2.24. The minimum Gasteiger partial charge on any atom is -0.494 e. The number of hydrogen-bond acceptors (Lipinski definition) is 4. The number of hydrogen-bond donors (Lipinski definition) is 2. The van der Waals surface area contributed by atoms with E-state index < -0.39 is 0 Å². The van der Waals surface area contributed by atoms with Crippen LogP contribution < -0.4 is 4.90 Å². The number of anilines is 1. The molecule has 2 aromatic carbocycles. The van der Waals surface area contributed by atoms with E-state index in [0.29, 0.717) is 22.5 Å². The Morgan fingerprint density at radius 3 is 2.82 bits per heavy atom. The second-order valence-electron chi connectivity index (χ2n) is 7.63. The maximum absolute atomic E-state index is 14.2. The van der Waals surface area contributed by atoms with Gasteiger partial charge in [0.1, 0.15) is 5.82 Å². The van der Waals surface area contributed by atoms with E-state index in [2.05, 4.69) is 46.9 Å². The van der Waals surface area contributed by atoms with Crippen LogP contribution in [0.5, 0.6) is 5.88 Å².